The Balaban J connectivity index is 1.44. The van der Waals surface area contributed by atoms with E-state index in [1.807, 2.05) is 6.92 Å². The van der Waals surface area contributed by atoms with Crippen molar-refractivity contribution < 1.29 is 19.0 Å². The first-order chi connectivity index (χ1) is 15.5. The fourth-order valence-corrected chi connectivity index (χ4v) is 5.37. The van der Waals surface area contributed by atoms with Gasteiger partial charge in [-0.05, 0) is 50.3 Å². The van der Waals surface area contributed by atoms with Crippen LogP contribution < -0.4 is 24.8 Å². The van der Waals surface area contributed by atoms with E-state index in [0.717, 1.165) is 34.7 Å². The number of ether oxygens (including phenoxy) is 3. The highest BCUT2D eigenvalue weighted by atomic mass is 32.1. The maximum Gasteiger partial charge on any atom is 0.251 e. The third-order valence-electron chi connectivity index (χ3n) is 5.56. The lowest BCUT2D eigenvalue weighted by Gasteiger charge is -2.15. The van der Waals surface area contributed by atoms with Gasteiger partial charge < -0.3 is 24.8 Å². The van der Waals surface area contributed by atoms with Crippen LogP contribution in [0.4, 0.5) is 5.82 Å². The van der Waals surface area contributed by atoms with Gasteiger partial charge >= 0.3 is 0 Å². The van der Waals surface area contributed by atoms with E-state index in [2.05, 4.69) is 20.6 Å². The van der Waals surface area contributed by atoms with Crippen molar-refractivity contribution in [2.45, 2.75) is 32.6 Å². The van der Waals surface area contributed by atoms with E-state index in [0.29, 0.717) is 35.9 Å². The Kier molecular flexibility index (Phi) is 6.64. The topological polar surface area (TPSA) is 94.6 Å². The van der Waals surface area contributed by atoms with Crippen molar-refractivity contribution >= 4 is 33.3 Å². The Hall–Kier alpha value is -3.07. The molecule has 0 spiro atoms. The number of nitrogens with one attached hydrogen (secondary N) is 2. The number of anilines is 1. The van der Waals surface area contributed by atoms with E-state index in [4.69, 9.17) is 14.2 Å². The van der Waals surface area contributed by atoms with Gasteiger partial charge in [0, 0.05) is 23.5 Å². The summed E-state index contributed by atoms with van der Waals surface area (Å²) in [5.41, 5.74) is 1.83. The van der Waals surface area contributed by atoms with Gasteiger partial charge in [-0.1, -0.05) is 0 Å². The number of carbonyl (C=O) groups excluding carboxylic acids is 1. The predicted molar refractivity (Wildman–Crippen MR) is 126 cm³/mol. The molecule has 0 unspecified atom stereocenters. The Morgan fingerprint density at radius 3 is 2.44 bits per heavy atom. The van der Waals surface area contributed by atoms with Gasteiger partial charge in [0.15, 0.2) is 11.5 Å². The first kappa shape index (κ1) is 22.1. The van der Waals surface area contributed by atoms with Gasteiger partial charge in [-0.15, -0.1) is 11.3 Å². The quantitative estimate of drug-likeness (QED) is 0.499. The van der Waals surface area contributed by atoms with Crippen LogP contribution in [-0.2, 0) is 12.8 Å². The molecule has 1 aromatic carbocycles. The monoisotopic (exact) mass is 456 g/mol. The zero-order chi connectivity index (χ0) is 22.7. The lowest BCUT2D eigenvalue weighted by molar-refractivity contribution is 0.0954. The average Bonchev–Trinajstić information content (AvgIpc) is 3.18. The zero-order valence-corrected chi connectivity index (χ0v) is 19.6. The molecule has 4 rings (SSSR count). The molecule has 170 valence electrons. The maximum absolute atomic E-state index is 12.7. The van der Waals surface area contributed by atoms with Crippen LogP contribution in [0, 0.1) is 6.92 Å². The number of hydrogen-bond donors (Lipinski definition) is 2. The van der Waals surface area contributed by atoms with Crippen molar-refractivity contribution in [3.63, 3.8) is 0 Å². The first-order valence-corrected chi connectivity index (χ1v) is 11.5. The molecule has 9 heteroatoms. The normalized spacial score (nSPS) is 12.9. The van der Waals surface area contributed by atoms with E-state index in [9.17, 15) is 4.79 Å². The molecule has 1 amide bonds. The van der Waals surface area contributed by atoms with Crippen molar-refractivity contribution in [2.24, 2.45) is 0 Å². The van der Waals surface area contributed by atoms with Gasteiger partial charge in [-0.3, -0.25) is 4.79 Å². The van der Waals surface area contributed by atoms with Crippen molar-refractivity contribution in [3.8, 4) is 17.2 Å². The fraction of sp³-hybridized carbons (Fsp3) is 0.435. The van der Waals surface area contributed by atoms with Crippen LogP contribution in [0.2, 0.25) is 0 Å². The van der Waals surface area contributed by atoms with Crippen molar-refractivity contribution in [3.05, 3.63) is 34.0 Å². The molecule has 1 aliphatic carbocycles. The van der Waals surface area contributed by atoms with Gasteiger partial charge in [0.25, 0.3) is 5.91 Å². The molecule has 0 atom stereocenters. The minimum Gasteiger partial charge on any atom is -0.493 e. The van der Waals surface area contributed by atoms with E-state index in [1.165, 1.54) is 44.6 Å². The molecule has 32 heavy (non-hydrogen) atoms. The number of amides is 1. The van der Waals surface area contributed by atoms with E-state index in [1.54, 1.807) is 23.5 Å². The third kappa shape index (κ3) is 4.29. The summed E-state index contributed by atoms with van der Waals surface area (Å²) < 4.78 is 16.0. The summed E-state index contributed by atoms with van der Waals surface area (Å²) in [6, 6.07) is 3.28. The summed E-state index contributed by atoms with van der Waals surface area (Å²) in [4.78, 5) is 24.5. The van der Waals surface area contributed by atoms with Crippen molar-refractivity contribution in [2.75, 3.05) is 39.7 Å². The molecular formula is C23H28N4O4S. The molecule has 3 aromatic rings. The second-order valence-electron chi connectivity index (χ2n) is 7.61. The van der Waals surface area contributed by atoms with Gasteiger partial charge in [0.1, 0.15) is 16.5 Å². The first-order valence-electron chi connectivity index (χ1n) is 10.7. The molecule has 2 aromatic heterocycles. The SMILES string of the molecule is COc1cc(C(=O)NCCNc2nc(C)nc3sc4c(c23)CCCC4)cc(OC)c1OC. The van der Waals surface area contributed by atoms with Crippen molar-refractivity contribution in [1.29, 1.82) is 0 Å². The van der Waals surface area contributed by atoms with Gasteiger partial charge in [0.05, 0.1) is 26.7 Å². The number of thiophene rings is 1. The molecule has 0 saturated heterocycles. The van der Waals surface area contributed by atoms with Crippen LogP contribution in [0.1, 0.15) is 39.5 Å². The summed E-state index contributed by atoms with van der Waals surface area (Å²) in [6.45, 7) is 2.90. The standard InChI is InChI=1S/C23H28N4O4S/c1-13-26-21(19-15-7-5-6-8-18(15)32-23(19)27-13)24-9-10-25-22(28)14-11-16(29-2)20(31-4)17(12-14)30-3/h11-12H,5-10H2,1-4H3,(H,25,28)(H,24,26,27). The number of nitrogens with zero attached hydrogens (tertiary/aromatic N) is 2. The van der Waals surface area contributed by atoms with Crippen LogP contribution in [0.3, 0.4) is 0 Å². The number of rotatable bonds is 8. The zero-order valence-electron chi connectivity index (χ0n) is 18.8. The maximum atomic E-state index is 12.7. The molecule has 0 aliphatic heterocycles. The minimum absolute atomic E-state index is 0.219. The van der Waals surface area contributed by atoms with E-state index < -0.39 is 0 Å². The number of hydrogen-bond acceptors (Lipinski definition) is 8. The molecular weight excluding hydrogens is 428 g/mol. The molecule has 0 radical (unpaired) electrons. The van der Waals surface area contributed by atoms with E-state index >= 15 is 0 Å². The molecule has 2 heterocycles. The molecule has 0 bridgehead atoms. The molecule has 1 aliphatic rings. The summed E-state index contributed by atoms with van der Waals surface area (Å²) in [6.07, 6.45) is 4.65. The minimum atomic E-state index is -0.219. The number of fused-ring (bicyclic) bond motifs is 3. The smallest absolute Gasteiger partial charge is 0.251 e. The number of benzene rings is 1. The van der Waals surface area contributed by atoms with Gasteiger partial charge in [-0.2, -0.15) is 0 Å². The van der Waals surface area contributed by atoms with Crippen LogP contribution >= 0.6 is 11.3 Å². The largest absolute Gasteiger partial charge is 0.493 e. The number of carbonyl (C=O) groups is 1. The lowest BCUT2D eigenvalue weighted by Crippen LogP contribution is -2.29. The highest BCUT2D eigenvalue weighted by Gasteiger charge is 2.21. The van der Waals surface area contributed by atoms with Crippen LogP contribution in [0.5, 0.6) is 17.2 Å². The fourth-order valence-electron chi connectivity index (χ4n) is 4.06. The Labute approximate surface area is 191 Å². The lowest BCUT2D eigenvalue weighted by atomic mass is 9.97. The molecule has 2 N–H and O–H groups in total. The van der Waals surface area contributed by atoms with Crippen LogP contribution in [0.25, 0.3) is 10.2 Å². The molecule has 8 nitrogen and oxygen atoms in total. The average molecular weight is 457 g/mol. The van der Waals surface area contributed by atoms with Crippen LogP contribution in [-0.4, -0.2) is 50.3 Å². The summed E-state index contributed by atoms with van der Waals surface area (Å²) in [5.74, 6) is 2.72. The predicted octanol–water partition coefficient (Wildman–Crippen LogP) is 3.75. The molecule has 0 fully saturated rings. The second kappa shape index (κ2) is 9.60. The van der Waals surface area contributed by atoms with E-state index in [-0.39, 0.29) is 5.91 Å². The summed E-state index contributed by atoms with van der Waals surface area (Å²) in [5, 5.41) is 7.49. The number of methoxy groups -OCH3 is 3. The van der Waals surface area contributed by atoms with Crippen LogP contribution in [0.15, 0.2) is 12.1 Å². The van der Waals surface area contributed by atoms with Crippen molar-refractivity contribution in [1.82, 2.24) is 15.3 Å². The highest BCUT2D eigenvalue weighted by Crippen LogP contribution is 2.39. The number of aryl methyl sites for hydroxylation is 3. The number of aromatic nitrogens is 2. The summed E-state index contributed by atoms with van der Waals surface area (Å²) in [7, 11) is 4.58. The Bertz CT molecular complexity index is 1120. The molecule has 0 saturated carbocycles. The second-order valence-corrected chi connectivity index (χ2v) is 8.69. The Morgan fingerprint density at radius 1 is 1.03 bits per heavy atom. The highest BCUT2D eigenvalue weighted by molar-refractivity contribution is 7.19. The third-order valence-corrected chi connectivity index (χ3v) is 6.74. The van der Waals surface area contributed by atoms with Gasteiger partial charge in [0.2, 0.25) is 5.75 Å². The Morgan fingerprint density at radius 2 is 1.75 bits per heavy atom. The summed E-state index contributed by atoms with van der Waals surface area (Å²) >= 11 is 1.78. The van der Waals surface area contributed by atoms with Gasteiger partial charge in [-0.25, -0.2) is 9.97 Å².